The van der Waals surface area contributed by atoms with Crippen LogP contribution in [0.2, 0.25) is 0 Å². The summed E-state index contributed by atoms with van der Waals surface area (Å²) >= 11 is 0. The second kappa shape index (κ2) is 10.9. The first kappa shape index (κ1) is 17.2. The van der Waals surface area contributed by atoms with Gasteiger partial charge in [0, 0.05) is 33.2 Å². The van der Waals surface area contributed by atoms with Crippen molar-refractivity contribution in [1.29, 1.82) is 0 Å². The molecule has 1 aliphatic rings. The van der Waals surface area contributed by atoms with Gasteiger partial charge in [0.2, 0.25) is 0 Å². The normalized spacial score (nSPS) is 18.9. The zero-order chi connectivity index (χ0) is 14.6. The van der Waals surface area contributed by atoms with Crippen molar-refractivity contribution in [2.75, 3.05) is 59.9 Å². The average Bonchev–Trinajstić information content (AvgIpc) is 2.66. The van der Waals surface area contributed by atoms with Gasteiger partial charge in [-0.2, -0.15) is 0 Å². The Hall–Kier alpha value is -0.810. The van der Waals surface area contributed by atoms with Crippen molar-refractivity contribution in [2.24, 2.45) is 4.99 Å². The van der Waals surface area contributed by atoms with Crippen molar-refractivity contribution in [1.82, 2.24) is 20.4 Å². The third kappa shape index (κ3) is 7.70. The molecule has 1 heterocycles. The maximum absolute atomic E-state index is 4.24. The maximum atomic E-state index is 4.24. The molecule has 1 saturated heterocycles. The highest BCUT2D eigenvalue weighted by molar-refractivity contribution is 5.79. The van der Waals surface area contributed by atoms with Crippen LogP contribution in [0.25, 0.3) is 0 Å². The lowest BCUT2D eigenvalue weighted by Crippen LogP contribution is -2.39. The molecule has 0 unspecified atom stereocenters. The number of hydrogen-bond acceptors (Lipinski definition) is 3. The van der Waals surface area contributed by atoms with E-state index in [1.165, 1.54) is 58.4 Å². The Labute approximate surface area is 124 Å². The molecule has 0 aromatic heterocycles. The second-order valence-corrected chi connectivity index (χ2v) is 5.63. The van der Waals surface area contributed by atoms with Gasteiger partial charge in [0.1, 0.15) is 0 Å². The summed E-state index contributed by atoms with van der Waals surface area (Å²) in [5.74, 6) is 0.939. The summed E-state index contributed by atoms with van der Waals surface area (Å²) < 4.78 is 0. The molecule has 0 aromatic rings. The quantitative estimate of drug-likeness (QED) is 0.415. The largest absolute Gasteiger partial charge is 0.356 e. The van der Waals surface area contributed by atoms with Gasteiger partial charge in [-0.25, -0.2) is 0 Å². The number of likely N-dealkylation sites (N-methyl/N-ethyl adjacent to an activating group) is 1. The fraction of sp³-hybridized carbons (Fsp3) is 0.933. The van der Waals surface area contributed by atoms with Crippen LogP contribution in [0.3, 0.4) is 0 Å². The van der Waals surface area contributed by atoms with Gasteiger partial charge in [-0.1, -0.05) is 13.3 Å². The molecule has 2 N–H and O–H groups in total. The number of hydrogen-bond donors (Lipinski definition) is 2. The lowest BCUT2D eigenvalue weighted by Gasteiger charge is -2.20. The van der Waals surface area contributed by atoms with Gasteiger partial charge in [-0.05, 0) is 45.9 Å². The van der Waals surface area contributed by atoms with E-state index in [1.807, 2.05) is 7.05 Å². The summed E-state index contributed by atoms with van der Waals surface area (Å²) in [5.41, 5.74) is 0. The van der Waals surface area contributed by atoms with E-state index in [1.54, 1.807) is 0 Å². The van der Waals surface area contributed by atoms with Crippen LogP contribution in [0.5, 0.6) is 0 Å². The average molecular weight is 283 g/mol. The molecule has 5 heteroatoms. The summed E-state index contributed by atoms with van der Waals surface area (Å²) in [6.45, 7) is 10.3. The topological polar surface area (TPSA) is 42.9 Å². The van der Waals surface area contributed by atoms with Crippen LogP contribution >= 0.6 is 0 Å². The van der Waals surface area contributed by atoms with Gasteiger partial charge in [-0.3, -0.25) is 4.99 Å². The molecule has 0 spiro atoms. The summed E-state index contributed by atoms with van der Waals surface area (Å²) in [7, 11) is 4.06. The SMILES string of the molecule is CCCCNC(=NC)NCCCN1CCCN(C)CC1. The Kier molecular flexibility index (Phi) is 9.41. The van der Waals surface area contributed by atoms with Crippen molar-refractivity contribution in [3.8, 4) is 0 Å². The van der Waals surface area contributed by atoms with E-state index in [-0.39, 0.29) is 0 Å². The first-order chi connectivity index (χ1) is 9.76. The van der Waals surface area contributed by atoms with Crippen LogP contribution < -0.4 is 10.6 Å². The highest BCUT2D eigenvalue weighted by atomic mass is 15.2. The van der Waals surface area contributed by atoms with Gasteiger partial charge in [-0.15, -0.1) is 0 Å². The fourth-order valence-corrected chi connectivity index (χ4v) is 2.44. The molecule has 1 aliphatic heterocycles. The van der Waals surface area contributed by atoms with Crippen LogP contribution in [-0.2, 0) is 0 Å². The number of unbranched alkanes of at least 4 members (excludes halogenated alkanes) is 1. The molecule has 0 bridgehead atoms. The molecule has 1 rings (SSSR count). The van der Waals surface area contributed by atoms with Crippen molar-refractivity contribution in [3.05, 3.63) is 0 Å². The molecule has 0 aromatic carbocycles. The number of guanidine groups is 1. The number of aliphatic imine (C=N–C) groups is 1. The van der Waals surface area contributed by atoms with E-state index in [9.17, 15) is 0 Å². The molecule has 20 heavy (non-hydrogen) atoms. The Morgan fingerprint density at radius 1 is 1.05 bits per heavy atom. The summed E-state index contributed by atoms with van der Waals surface area (Å²) in [6.07, 6.45) is 4.89. The molecule has 0 aliphatic carbocycles. The van der Waals surface area contributed by atoms with Crippen LogP contribution in [0, 0.1) is 0 Å². The minimum absolute atomic E-state index is 0.939. The molecule has 0 radical (unpaired) electrons. The predicted molar refractivity (Wildman–Crippen MR) is 87.4 cm³/mol. The molecule has 0 saturated carbocycles. The third-order valence-electron chi connectivity index (χ3n) is 3.80. The van der Waals surface area contributed by atoms with E-state index in [2.05, 4.69) is 39.4 Å². The molecule has 5 nitrogen and oxygen atoms in total. The van der Waals surface area contributed by atoms with Gasteiger partial charge in [0.15, 0.2) is 5.96 Å². The lowest BCUT2D eigenvalue weighted by molar-refractivity contribution is 0.274. The van der Waals surface area contributed by atoms with Crippen molar-refractivity contribution in [2.45, 2.75) is 32.6 Å². The molecule has 1 fully saturated rings. The highest BCUT2D eigenvalue weighted by Crippen LogP contribution is 2.01. The molecule has 118 valence electrons. The zero-order valence-electron chi connectivity index (χ0n) is 13.6. The first-order valence-corrected chi connectivity index (χ1v) is 8.11. The van der Waals surface area contributed by atoms with E-state index in [4.69, 9.17) is 0 Å². The van der Waals surface area contributed by atoms with Gasteiger partial charge in [0.25, 0.3) is 0 Å². The number of nitrogens with zero attached hydrogens (tertiary/aromatic N) is 3. The molecular formula is C15H33N5. The summed E-state index contributed by atoms with van der Waals surface area (Å²) in [4.78, 5) is 9.25. The Morgan fingerprint density at radius 2 is 1.80 bits per heavy atom. The minimum atomic E-state index is 0.939. The van der Waals surface area contributed by atoms with Crippen LogP contribution in [0.4, 0.5) is 0 Å². The lowest BCUT2D eigenvalue weighted by atomic mass is 10.3. The summed E-state index contributed by atoms with van der Waals surface area (Å²) in [6, 6.07) is 0. The smallest absolute Gasteiger partial charge is 0.190 e. The summed E-state index contributed by atoms with van der Waals surface area (Å²) in [5, 5.41) is 6.74. The van der Waals surface area contributed by atoms with Crippen LogP contribution in [-0.4, -0.2) is 75.7 Å². The van der Waals surface area contributed by atoms with Crippen LogP contribution in [0.1, 0.15) is 32.6 Å². The molecule has 0 atom stereocenters. The van der Waals surface area contributed by atoms with E-state index in [0.29, 0.717) is 0 Å². The van der Waals surface area contributed by atoms with Crippen molar-refractivity contribution < 1.29 is 0 Å². The van der Waals surface area contributed by atoms with Gasteiger partial charge in [0.05, 0.1) is 0 Å². The van der Waals surface area contributed by atoms with Crippen molar-refractivity contribution >= 4 is 5.96 Å². The van der Waals surface area contributed by atoms with Crippen molar-refractivity contribution in [3.63, 3.8) is 0 Å². The highest BCUT2D eigenvalue weighted by Gasteiger charge is 2.11. The second-order valence-electron chi connectivity index (χ2n) is 5.63. The van der Waals surface area contributed by atoms with Gasteiger partial charge < -0.3 is 20.4 Å². The molecule has 0 amide bonds. The van der Waals surface area contributed by atoms with Gasteiger partial charge >= 0.3 is 0 Å². The van der Waals surface area contributed by atoms with E-state index >= 15 is 0 Å². The zero-order valence-corrected chi connectivity index (χ0v) is 13.6. The van der Waals surface area contributed by atoms with E-state index < -0.39 is 0 Å². The number of nitrogens with one attached hydrogen (secondary N) is 2. The Balaban J connectivity index is 2.07. The monoisotopic (exact) mass is 283 g/mol. The third-order valence-corrected chi connectivity index (χ3v) is 3.80. The van der Waals surface area contributed by atoms with Crippen LogP contribution in [0.15, 0.2) is 4.99 Å². The fourth-order valence-electron chi connectivity index (χ4n) is 2.44. The molecular weight excluding hydrogens is 250 g/mol. The standard InChI is InChI=1S/C15H33N5/c1-4-5-8-17-15(16-2)18-9-6-11-20-12-7-10-19(3)13-14-20/h4-14H2,1-3H3,(H2,16,17,18). The maximum Gasteiger partial charge on any atom is 0.190 e. The predicted octanol–water partition coefficient (Wildman–Crippen LogP) is 0.979. The Bertz CT molecular complexity index is 267. The minimum Gasteiger partial charge on any atom is -0.356 e. The number of rotatable bonds is 7. The first-order valence-electron chi connectivity index (χ1n) is 8.11. The van der Waals surface area contributed by atoms with E-state index in [0.717, 1.165) is 19.0 Å². The Morgan fingerprint density at radius 3 is 2.50 bits per heavy atom.